The molecule has 2 N–H and O–H groups in total. The Kier molecular flexibility index (Phi) is 4.53. The number of benzene rings is 2. The zero-order chi connectivity index (χ0) is 15.6. The van der Waals surface area contributed by atoms with Crippen molar-refractivity contribution in [1.29, 1.82) is 0 Å². The number of anilines is 1. The monoisotopic (exact) mass is 381 g/mol. The Morgan fingerprint density at radius 3 is 2.43 bits per heavy atom. The van der Waals surface area contributed by atoms with Crippen molar-refractivity contribution in [3.8, 4) is 17.2 Å². The molecule has 0 fully saturated rings. The maximum atomic E-state index is 12.2. The lowest BCUT2D eigenvalue weighted by Crippen LogP contribution is -2.17. The van der Waals surface area contributed by atoms with Gasteiger partial charge in [0.2, 0.25) is 0 Å². The highest BCUT2D eigenvalue weighted by Crippen LogP contribution is 2.38. The number of hydrogen-bond acceptors (Lipinski definition) is 3. The van der Waals surface area contributed by atoms with E-state index in [0.29, 0.717) is 10.7 Å². The molecule has 0 saturated heterocycles. The summed E-state index contributed by atoms with van der Waals surface area (Å²) in [5.74, 6) is 0.119. The highest BCUT2D eigenvalue weighted by molar-refractivity contribution is 9.10. The Labute approximate surface area is 131 Å². The predicted octanol–water partition coefficient (Wildman–Crippen LogP) is 5.38. The van der Waals surface area contributed by atoms with Crippen molar-refractivity contribution in [3.63, 3.8) is 0 Å². The Morgan fingerprint density at radius 2 is 1.86 bits per heavy atom. The first-order valence-corrected chi connectivity index (χ1v) is 6.70. The van der Waals surface area contributed by atoms with Crippen molar-refractivity contribution in [2.75, 3.05) is 5.73 Å². The van der Waals surface area contributed by atoms with E-state index in [0.717, 1.165) is 6.07 Å². The van der Waals surface area contributed by atoms with Crippen LogP contribution in [-0.4, -0.2) is 6.36 Å². The predicted molar refractivity (Wildman–Crippen MR) is 76.8 cm³/mol. The van der Waals surface area contributed by atoms with Crippen LogP contribution in [0.5, 0.6) is 17.2 Å². The lowest BCUT2D eigenvalue weighted by atomic mass is 10.3. The fraction of sp³-hybridized carbons (Fsp3) is 0.0769. The van der Waals surface area contributed by atoms with Gasteiger partial charge in [0.1, 0.15) is 11.5 Å². The highest BCUT2D eigenvalue weighted by atomic mass is 79.9. The molecule has 0 unspecified atom stereocenters. The SMILES string of the molecule is Nc1cccc(Cl)c1Oc1ccc(OC(F)(F)F)c(Br)c1. The van der Waals surface area contributed by atoms with Gasteiger partial charge >= 0.3 is 6.36 Å². The van der Waals surface area contributed by atoms with E-state index in [1.54, 1.807) is 18.2 Å². The van der Waals surface area contributed by atoms with Gasteiger partial charge in [0, 0.05) is 0 Å². The summed E-state index contributed by atoms with van der Waals surface area (Å²) in [4.78, 5) is 0. The van der Waals surface area contributed by atoms with Gasteiger partial charge in [0.25, 0.3) is 0 Å². The quantitative estimate of drug-likeness (QED) is 0.725. The van der Waals surface area contributed by atoms with Gasteiger partial charge in [-0.25, -0.2) is 0 Å². The van der Waals surface area contributed by atoms with Gasteiger partial charge in [0.05, 0.1) is 15.2 Å². The van der Waals surface area contributed by atoms with Crippen LogP contribution in [-0.2, 0) is 0 Å². The number of rotatable bonds is 3. The van der Waals surface area contributed by atoms with Crippen LogP contribution in [0, 0.1) is 0 Å². The van der Waals surface area contributed by atoms with E-state index in [1.165, 1.54) is 12.1 Å². The Morgan fingerprint density at radius 1 is 1.14 bits per heavy atom. The molecule has 0 spiro atoms. The van der Waals surface area contributed by atoms with Gasteiger partial charge in [-0.2, -0.15) is 0 Å². The molecule has 2 aromatic rings. The maximum absolute atomic E-state index is 12.2. The lowest BCUT2D eigenvalue weighted by Gasteiger charge is -2.13. The first kappa shape index (κ1) is 15.8. The van der Waals surface area contributed by atoms with E-state index < -0.39 is 6.36 Å². The van der Waals surface area contributed by atoms with Gasteiger partial charge in [-0.1, -0.05) is 17.7 Å². The van der Waals surface area contributed by atoms with Crippen molar-refractivity contribution in [3.05, 3.63) is 45.9 Å². The minimum absolute atomic E-state index is 0.0861. The summed E-state index contributed by atoms with van der Waals surface area (Å²) in [5.41, 5.74) is 6.04. The number of para-hydroxylation sites is 1. The summed E-state index contributed by atoms with van der Waals surface area (Å²) >= 11 is 8.93. The van der Waals surface area contributed by atoms with Gasteiger partial charge in [-0.15, -0.1) is 13.2 Å². The zero-order valence-corrected chi connectivity index (χ0v) is 12.6. The molecule has 2 aromatic carbocycles. The molecule has 0 aliphatic heterocycles. The zero-order valence-electron chi connectivity index (χ0n) is 10.2. The van der Waals surface area contributed by atoms with Gasteiger partial charge in [0.15, 0.2) is 5.75 Å². The molecule has 0 saturated carbocycles. The van der Waals surface area contributed by atoms with E-state index in [1.807, 2.05) is 0 Å². The van der Waals surface area contributed by atoms with Crippen molar-refractivity contribution in [2.24, 2.45) is 0 Å². The smallest absolute Gasteiger partial charge is 0.454 e. The van der Waals surface area contributed by atoms with E-state index in [9.17, 15) is 13.2 Å². The van der Waals surface area contributed by atoms with Crippen molar-refractivity contribution in [2.45, 2.75) is 6.36 Å². The normalized spacial score (nSPS) is 11.3. The fourth-order valence-corrected chi connectivity index (χ4v) is 2.16. The van der Waals surface area contributed by atoms with E-state index in [-0.39, 0.29) is 21.7 Å². The molecule has 3 nitrogen and oxygen atoms in total. The van der Waals surface area contributed by atoms with Crippen LogP contribution in [0.25, 0.3) is 0 Å². The first-order chi connectivity index (χ1) is 9.76. The molecule has 0 aliphatic carbocycles. The van der Waals surface area contributed by atoms with E-state index >= 15 is 0 Å². The van der Waals surface area contributed by atoms with Gasteiger partial charge in [-0.3, -0.25) is 0 Å². The molecule has 112 valence electrons. The molecule has 2 rings (SSSR count). The summed E-state index contributed by atoms with van der Waals surface area (Å²) < 4.78 is 45.9. The highest BCUT2D eigenvalue weighted by Gasteiger charge is 2.32. The van der Waals surface area contributed by atoms with Crippen molar-refractivity contribution < 1.29 is 22.6 Å². The van der Waals surface area contributed by atoms with Crippen LogP contribution in [0.3, 0.4) is 0 Å². The third-order valence-electron chi connectivity index (χ3n) is 2.35. The summed E-state index contributed by atoms with van der Waals surface area (Å²) in [6.45, 7) is 0. The summed E-state index contributed by atoms with van der Waals surface area (Å²) in [6, 6.07) is 8.60. The largest absolute Gasteiger partial charge is 0.573 e. The maximum Gasteiger partial charge on any atom is 0.573 e. The minimum atomic E-state index is -4.77. The van der Waals surface area contributed by atoms with E-state index in [2.05, 4.69) is 20.7 Å². The van der Waals surface area contributed by atoms with Gasteiger partial charge in [-0.05, 0) is 46.3 Å². The molecule has 8 heteroatoms. The molecule has 0 radical (unpaired) electrons. The molecular formula is C13H8BrClF3NO2. The van der Waals surface area contributed by atoms with Crippen LogP contribution in [0.15, 0.2) is 40.9 Å². The topological polar surface area (TPSA) is 44.5 Å². The summed E-state index contributed by atoms with van der Waals surface area (Å²) in [7, 11) is 0. The molecule has 0 heterocycles. The second-order valence-electron chi connectivity index (χ2n) is 3.90. The second kappa shape index (κ2) is 6.03. The summed E-state index contributed by atoms with van der Waals surface area (Å²) in [5, 5.41) is 0.293. The van der Waals surface area contributed by atoms with Crippen molar-refractivity contribution >= 4 is 33.2 Å². The minimum Gasteiger partial charge on any atom is -0.454 e. The molecule has 21 heavy (non-hydrogen) atoms. The number of halogens is 5. The lowest BCUT2D eigenvalue weighted by molar-refractivity contribution is -0.274. The number of nitrogen functional groups attached to an aromatic ring is 1. The fourth-order valence-electron chi connectivity index (χ4n) is 1.50. The van der Waals surface area contributed by atoms with Crippen LogP contribution in [0.4, 0.5) is 18.9 Å². The number of nitrogens with two attached hydrogens (primary N) is 1. The van der Waals surface area contributed by atoms with Crippen LogP contribution in [0.2, 0.25) is 5.02 Å². The van der Waals surface area contributed by atoms with Gasteiger partial charge < -0.3 is 15.2 Å². The third kappa shape index (κ3) is 4.18. The number of alkyl halides is 3. The Balaban J connectivity index is 2.25. The molecular weight excluding hydrogens is 374 g/mol. The third-order valence-corrected chi connectivity index (χ3v) is 3.26. The standard InChI is InChI=1S/C13H8BrClF3NO2/c14-8-6-7(4-5-11(8)21-13(16,17)18)20-12-9(15)2-1-3-10(12)19/h1-6H,19H2. The average molecular weight is 383 g/mol. The molecule has 0 atom stereocenters. The molecule has 0 amide bonds. The first-order valence-electron chi connectivity index (χ1n) is 5.53. The molecule has 0 bridgehead atoms. The molecule has 0 aromatic heterocycles. The molecule has 0 aliphatic rings. The van der Waals surface area contributed by atoms with Crippen LogP contribution >= 0.6 is 27.5 Å². The van der Waals surface area contributed by atoms with Crippen LogP contribution in [0.1, 0.15) is 0 Å². The second-order valence-corrected chi connectivity index (χ2v) is 5.16. The Hall–Kier alpha value is -1.60. The van der Waals surface area contributed by atoms with Crippen molar-refractivity contribution in [1.82, 2.24) is 0 Å². The number of ether oxygens (including phenoxy) is 2. The van der Waals surface area contributed by atoms with E-state index in [4.69, 9.17) is 22.1 Å². The van der Waals surface area contributed by atoms with Crippen LogP contribution < -0.4 is 15.2 Å². The number of hydrogen-bond donors (Lipinski definition) is 1. The average Bonchev–Trinajstić information content (AvgIpc) is 2.36. The Bertz CT molecular complexity index is 644. The summed E-state index contributed by atoms with van der Waals surface area (Å²) in [6.07, 6.45) is -4.77.